The monoisotopic (exact) mass is 679 g/mol. The van der Waals surface area contributed by atoms with E-state index in [9.17, 15) is 19.5 Å². The number of pyridine rings is 1. The van der Waals surface area contributed by atoms with Gasteiger partial charge in [-0.3, -0.25) is 19.4 Å². The molecule has 1 saturated heterocycles. The van der Waals surface area contributed by atoms with Gasteiger partial charge in [0.15, 0.2) is 12.7 Å². The first-order chi connectivity index (χ1) is 22.2. The van der Waals surface area contributed by atoms with Gasteiger partial charge in [0.1, 0.15) is 11.8 Å². The van der Waals surface area contributed by atoms with Crippen LogP contribution in [0.5, 0.6) is 5.75 Å². The fraction of sp³-hybridized carbons (Fsp3) is 0.457. The number of thiocarbonyl (C=S) groups is 1. The molecule has 12 heteroatoms. The minimum absolute atomic E-state index is 0.227. The summed E-state index contributed by atoms with van der Waals surface area (Å²) in [5, 5.41) is 22.5. The molecule has 1 aliphatic heterocycles. The summed E-state index contributed by atoms with van der Waals surface area (Å²) in [5.74, 6) is -0.381. The van der Waals surface area contributed by atoms with Crippen molar-refractivity contribution in [3.63, 3.8) is 0 Å². The topological polar surface area (TPSA) is 133 Å². The van der Waals surface area contributed by atoms with Crippen LogP contribution in [0.3, 0.4) is 0 Å². The summed E-state index contributed by atoms with van der Waals surface area (Å²) < 4.78 is 5.28. The maximum atomic E-state index is 14.0. The van der Waals surface area contributed by atoms with Gasteiger partial charge < -0.3 is 30.7 Å². The molecule has 2 aromatic carbocycles. The molecule has 0 unspecified atom stereocenters. The molecule has 47 heavy (non-hydrogen) atoms. The number of thioether (sulfide) groups is 1. The molecule has 252 valence electrons. The quantitative estimate of drug-likeness (QED) is 0.210. The molecule has 2 heterocycles. The molecule has 0 aliphatic carbocycles. The number of fused-ring (bicyclic) bond motifs is 1. The lowest BCUT2D eigenvalue weighted by molar-refractivity contribution is -0.147. The normalized spacial score (nSPS) is 17.8. The number of aliphatic hydroxyl groups excluding tert-OH is 1. The Kier molecular flexibility index (Phi) is 11.9. The number of benzene rings is 2. The van der Waals surface area contributed by atoms with E-state index in [4.69, 9.17) is 17.0 Å². The van der Waals surface area contributed by atoms with Gasteiger partial charge in [0, 0.05) is 33.5 Å². The first kappa shape index (κ1) is 36.1. The fourth-order valence-corrected chi connectivity index (χ4v) is 7.05. The van der Waals surface area contributed by atoms with Crippen molar-refractivity contribution < 1.29 is 24.2 Å². The highest BCUT2D eigenvalue weighted by Crippen LogP contribution is 2.40. The average Bonchev–Trinajstić information content (AvgIpc) is 3.35. The van der Waals surface area contributed by atoms with Crippen molar-refractivity contribution in [1.82, 2.24) is 25.8 Å². The molecular weight excluding hydrogens is 635 g/mol. The lowest BCUT2D eigenvalue weighted by Crippen LogP contribution is -2.61. The van der Waals surface area contributed by atoms with Crippen molar-refractivity contribution in [3.05, 3.63) is 72.6 Å². The van der Waals surface area contributed by atoms with Crippen LogP contribution >= 0.6 is 24.0 Å². The van der Waals surface area contributed by atoms with E-state index in [0.29, 0.717) is 12.2 Å². The second-order valence-corrected chi connectivity index (χ2v) is 15.3. The number of aromatic nitrogens is 1. The van der Waals surface area contributed by atoms with Crippen molar-refractivity contribution in [2.24, 2.45) is 0 Å². The van der Waals surface area contributed by atoms with E-state index >= 15 is 0 Å². The van der Waals surface area contributed by atoms with Crippen LogP contribution in [0, 0.1) is 0 Å². The first-order valence-electron chi connectivity index (χ1n) is 15.7. The zero-order valence-electron chi connectivity index (χ0n) is 27.8. The highest BCUT2D eigenvalue weighted by molar-refractivity contribution is 8.00. The molecule has 10 nitrogen and oxygen atoms in total. The molecule has 1 fully saturated rings. The maximum absolute atomic E-state index is 14.0. The third-order valence-corrected chi connectivity index (χ3v) is 9.67. The van der Waals surface area contributed by atoms with Crippen LogP contribution in [-0.2, 0) is 20.8 Å². The number of hydrogen-bond acceptors (Lipinski definition) is 8. The Labute approximate surface area is 286 Å². The predicted molar refractivity (Wildman–Crippen MR) is 190 cm³/mol. The van der Waals surface area contributed by atoms with Gasteiger partial charge in [-0.15, -0.1) is 11.8 Å². The van der Waals surface area contributed by atoms with E-state index in [2.05, 4.69) is 20.9 Å². The number of hydrogen-bond donors (Lipinski definition) is 4. The molecular formula is C35H45N5O5S2. The maximum Gasteiger partial charge on any atom is 0.258 e. The minimum atomic E-state index is -1.52. The number of ether oxygens (including phenoxy) is 1. The van der Waals surface area contributed by atoms with Crippen LogP contribution in [0.4, 0.5) is 0 Å². The van der Waals surface area contributed by atoms with Crippen LogP contribution in [-0.4, -0.2) is 84.7 Å². The van der Waals surface area contributed by atoms with E-state index in [1.165, 1.54) is 16.7 Å². The first-order valence-corrected chi connectivity index (χ1v) is 17.1. The van der Waals surface area contributed by atoms with Crippen LogP contribution in [0.15, 0.2) is 67.0 Å². The third-order valence-electron chi connectivity index (χ3n) is 7.90. The molecule has 0 saturated carbocycles. The summed E-state index contributed by atoms with van der Waals surface area (Å²) in [6, 6.07) is 14.7. The van der Waals surface area contributed by atoms with Gasteiger partial charge in [-0.1, -0.05) is 61.6 Å². The molecule has 4 atom stereocenters. The van der Waals surface area contributed by atoms with Gasteiger partial charge >= 0.3 is 0 Å². The van der Waals surface area contributed by atoms with Gasteiger partial charge in [0.05, 0.1) is 22.9 Å². The summed E-state index contributed by atoms with van der Waals surface area (Å²) in [6.45, 7) is 11.2. The summed E-state index contributed by atoms with van der Waals surface area (Å²) in [7, 11) is 0. The van der Waals surface area contributed by atoms with E-state index in [1.54, 1.807) is 18.5 Å². The zero-order valence-corrected chi connectivity index (χ0v) is 29.4. The van der Waals surface area contributed by atoms with E-state index in [0.717, 1.165) is 16.3 Å². The van der Waals surface area contributed by atoms with Crippen molar-refractivity contribution in [1.29, 1.82) is 0 Å². The lowest BCUT2D eigenvalue weighted by atomic mass is 9.96. The minimum Gasteiger partial charge on any atom is -0.483 e. The second-order valence-electron chi connectivity index (χ2n) is 13.2. The SMILES string of the molecule is CC[C@@H](NC(=O)COc1cccc2cnccc12)C(=S)N[C@@H](Cc1ccccc1)[C@H](O)C(=O)N1CSC(C)(C)[C@H]1C(=O)NC(C)(C)C. The Morgan fingerprint density at radius 1 is 1.11 bits per heavy atom. The van der Waals surface area contributed by atoms with Gasteiger partial charge in [-0.2, -0.15) is 0 Å². The zero-order chi connectivity index (χ0) is 34.4. The summed E-state index contributed by atoms with van der Waals surface area (Å²) >= 11 is 7.24. The van der Waals surface area contributed by atoms with Crippen LogP contribution in [0.25, 0.3) is 10.8 Å². The Bertz CT molecular complexity index is 1570. The van der Waals surface area contributed by atoms with Crippen LogP contribution in [0.2, 0.25) is 0 Å². The van der Waals surface area contributed by atoms with Gasteiger partial charge in [-0.25, -0.2) is 0 Å². The molecule has 0 radical (unpaired) electrons. The fourth-order valence-electron chi connectivity index (χ4n) is 5.54. The van der Waals surface area contributed by atoms with E-state index < -0.39 is 40.4 Å². The number of aliphatic hydroxyl groups is 1. The van der Waals surface area contributed by atoms with Crippen molar-refractivity contribution >= 4 is 57.5 Å². The highest BCUT2D eigenvalue weighted by Gasteiger charge is 2.50. The lowest BCUT2D eigenvalue weighted by Gasteiger charge is -2.35. The molecule has 1 aromatic heterocycles. The van der Waals surface area contributed by atoms with Crippen molar-refractivity contribution in [2.45, 2.75) is 88.9 Å². The van der Waals surface area contributed by atoms with Gasteiger partial charge in [0.25, 0.3) is 11.8 Å². The van der Waals surface area contributed by atoms with Gasteiger partial charge in [-0.05, 0) is 65.2 Å². The second kappa shape index (κ2) is 15.4. The highest BCUT2D eigenvalue weighted by atomic mass is 32.2. The Morgan fingerprint density at radius 2 is 1.83 bits per heavy atom. The molecule has 3 aromatic rings. The molecule has 1 aliphatic rings. The van der Waals surface area contributed by atoms with Crippen molar-refractivity contribution in [3.8, 4) is 5.75 Å². The van der Waals surface area contributed by atoms with Crippen LogP contribution < -0.4 is 20.7 Å². The number of nitrogens with one attached hydrogen (secondary N) is 3. The number of carbonyl (C=O) groups excluding carboxylic acids is 3. The Balaban J connectivity index is 1.47. The third kappa shape index (κ3) is 9.42. The van der Waals surface area contributed by atoms with Gasteiger partial charge in [0.2, 0.25) is 5.91 Å². The molecule has 4 rings (SSSR count). The molecule has 0 spiro atoms. The molecule has 3 amide bonds. The predicted octanol–water partition coefficient (Wildman–Crippen LogP) is 3.99. The largest absolute Gasteiger partial charge is 0.483 e. The number of rotatable bonds is 12. The summed E-state index contributed by atoms with van der Waals surface area (Å²) in [4.78, 5) is 46.2. The summed E-state index contributed by atoms with van der Waals surface area (Å²) in [5.41, 5.74) is 0.391. The van der Waals surface area contributed by atoms with Crippen LogP contribution in [0.1, 0.15) is 53.5 Å². The van der Waals surface area contributed by atoms with E-state index in [1.807, 2.05) is 90.1 Å². The smallest absolute Gasteiger partial charge is 0.258 e. The van der Waals surface area contributed by atoms with E-state index in [-0.39, 0.29) is 35.7 Å². The summed E-state index contributed by atoms with van der Waals surface area (Å²) in [6.07, 6.45) is 2.62. The Hall–Kier alpha value is -3.74. The number of carbonyl (C=O) groups is 3. The molecule has 0 bridgehead atoms. The number of amides is 3. The molecule has 4 N–H and O–H groups in total. The number of nitrogens with zero attached hydrogens (tertiary/aromatic N) is 2. The van der Waals surface area contributed by atoms with Crippen molar-refractivity contribution in [2.75, 3.05) is 12.5 Å². The standard InChI is InChI=1S/C35H45N5O5S2/c1-7-25(37-28(41)20-45-27-15-11-14-23-19-36-17-16-24(23)27)32(46)38-26(18-22-12-9-8-10-13-22)29(42)33(44)40-21-47-35(5,6)30(40)31(43)39-34(2,3)4/h8-17,19,25-26,29-30,42H,7,18,20-21H2,1-6H3,(H,37,41)(H,38,46)(H,39,43)/t25-,26+,29+,30-/m1/s1. The Morgan fingerprint density at radius 3 is 2.51 bits per heavy atom. The average molecular weight is 680 g/mol.